The summed E-state index contributed by atoms with van der Waals surface area (Å²) in [5.41, 5.74) is 1.42. The zero-order valence-corrected chi connectivity index (χ0v) is 13.4. The summed E-state index contributed by atoms with van der Waals surface area (Å²) in [5, 5.41) is 9.01. The van der Waals surface area contributed by atoms with Crippen molar-refractivity contribution in [1.82, 2.24) is 5.32 Å². The largest absolute Gasteiger partial charge is 0.310 e. The third-order valence-corrected chi connectivity index (χ3v) is 4.12. The summed E-state index contributed by atoms with van der Waals surface area (Å²) >= 11 is 0. The van der Waals surface area contributed by atoms with Crippen molar-refractivity contribution in [1.29, 1.82) is 0 Å². The molecule has 1 nitrogen and oxygen atoms in total. The summed E-state index contributed by atoms with van der Waals surface area (Å²) in [5.74, 6) is 0. The molecule has 0 aromatic heterocycles. The highest BCUT2D eigenvalue weighted by atomic mass is 35.5. The van der Waals surface area contributed by atoms with E-state index >= 15 is 0 Å². The Morgan fingerprint density at radius 3 is 1.95 bits per heavy atom. The minimum Gasteiger partial charge on any atom is -0.310 e. The summed E-state index contributed by atoms with van der Waals surface area (Å²) in [4.78, 5) is 0. The molecule has 0 aliphatic rings. The number of benzene rings is 3. The molecule has 2 heteroatoms. The Morgan fingerprint density at radius 2 is 1.43 bits per heavy atom. The van der Waals surface area contributed by atoms with Gasteiger partial charge in [-0.2, -0.15) is 0 Å². The monoisotopic (exact) mass is 299 g/mol. The molecule has 3 aromatic rings. The molecule has 0 heterocycles. The summed E-state index contributed by atoms with van der Waals surface area (Å²) in [6, 6.07) is 20.2. The maximum atomic E-state index is 3.63. The summed E-state index contributed by atoms with van der Waals surface area (Å²) < 4.78 is 0. The van der Waals surface area contributed by atoms with Crippen molar-refractivity contribution in [3.63, 3.8) is 0 Å². The van der Waals surface area contributed by atoms with Crippen molar-refractivity contribution in [3.05, 3.63) is 60.2 Å². The van der Waals surface area contributed by atoms with Gasteiger partial charge >= 0.3 is 0 Å². The summed E-state index contributed by atoms with van der Waals surface area (Å²) in [7, 11) is 0. The molecule has 0 saturated heterocycles. The van der Waals surface area contributed by atoms with Gasteiger partial charge in [0.2, 0.25) is 0 Å². The van der Waals surface area contributed by atoms with E-state index in [1.165, 1.54) is 27.1 Å². The predicted octanol–water partition coefficient (Wildman–Crippen LogP) is 5.30. The lowest BCUT2D eigenvalue weighted by Gasteiger charge is -2.15. The Labute approximate surface area is 132 Å². The first-order valence-corrected chi connectivity index (χ1v) is 7.42. The molecule has 3 aromatic carbocycles. The molecule has 0 saturated carbocycles. The van der Waals surface area contributed by atoms with Gasteiger partial charge in [-0.05, 0) is 46.5 Å². The highest BCUT2D eigenvalue weighted by molar-refractivity contribution is 6.02. The van der Waals surface area contributed by atoms with Gasteiger partial charge in [0.25, 0.3) is 0 Å². The van der Waals surface area contributed by atoms with Crippen molar-refractivity contribution >= 4 is 34.0 Å². The maximum absolute atomic E-state index is 3.63. The average Bonchev–Trinajstić information content (AvgIpc) is 2.51. The van der Waals surface area contributed by atoms with Gasteiger partial charge in [-0.1, -0.05) is 55.5 Å². The van der Waals surface area contributed by atoms with Gasteiger partial charge in [0, 0.05) is 12.6 Å². The fraction of sp³-hybridized carbons (Fsp3) is 0.263. The number of fused-ring (bicyclic) bond motifs is 2. The van der Waals surface area contributed by atoms with E-state index < -0.39 is 0 Å². The Bertz CT molecular complexity index is 682. The molecule has 0 bridgehead atoms. The molecule has 1 unspecified atom stereocenters. The van der Waals surface area contributed by atoms with Crippen molar-refractivity contribution in [2.24, 2.45) is 0 Å². The lowest BCUT2D eigenvalue weighted by atomic mass is 9.96. The molecule has 0 aliphatic carbocycles. The van der Waals surface area contributed by atoms with E-state index in [0.29, 0.717) is 6.04 Å². The summed E-state index contributed by atoms with van der Waals surface area (Å²) in [6.45, 7) is 5.39. The van der Waals surface area contributed by atoms with Crippen LogP contribution in [-0.4, -0.2) is 6.04 Å². The minimum atomic E-state index is 0. The van der Waals surface area contributed by atoms with Gasteiger partial charge in [0.1, 0.15) is 0 Å². The van der Waals surface area contributed by atoms with E-state index in [9.17, 15) is 0 Å². The second-order valence-corrected chi connectivity index (χ2v) is 5.49. The van der Waals surface area contributed by atoms with Gasteiger partial charge in [-0.15, -0.1) is 12.4 Å². The molecule has 1 N–H and O–H groups in total. The molecule has 0 fully saturated rings. The van der Waals surface area contributed by atoms with E-state index in [1.807, 2.05) is 0 Å². The van der Waals surface area contributed by atoms with E-state index in [0.717, 1.165) is 13.0 Å². The van der Waals surface area contributed by atoms with Crippen LogP contribution < -0.4 is 5.32 Å². The molecular weight excluding hydrogens is 278 g/mol. The van der Waals surface area contributed by atoms with Crippen LogP contribution in [0.2, 0.25) is 0 Å². The first-order valence-electron chi connectivity index (χ1n) is 7.42. The molecular formula is C19H22ClN. The van der Waals surface area contributed by atoms with E-state index in [2.05, 4.69) is 73.8 Å². The SMILES string of the molecule is CCC(C)NCc1c2ccccc2cc2ccccc12.Cl. The van der Waals surface area contributed by atoms with Crippen LogP contribution >= 0.6 is 12.4 Å². The van der Waals surface area contributed by atoms with E-state index in [4.69, 9.17) is 0 Å². The normalized spacial score (nSPS) is 12.3. The number of rotatable bonds is 4. The third-order valence-electron chi connectivity index (χ3n) is 4.12. The highest BCUT2D eigenvalue weighted by Crippen LogP contribution is 2.28. The fourth-order valence-electron chi connectivity index (χ4n) is 2.72. The molecule has 0 amide bonds. The lowest BCUT2D eigenvalue weighted by Crippen LogP contribution is -2.24. The molecule has 0 aliphatic heterocycles. The van der Waals surface area contributed by atoms with Crippen molar-refractivity contribution < 1.29 is 0 Å². The molecule has 21 heavy (non-hydrogen) atoms. The fourth-order valence-corrected chi connectivity index (χ4v) is 2.72. The van der Waals surface area contributed by atoms with Gasteiger partial charge < -0.3 is 5.32 Å². The van der Waals surface area contributed by atoms with Gasteiger partial charge in [-0.25, -0.2) is 0 Å². The number of nitrogens with one attached hydrogen (secondary N) is 1. The predicted molar refractivity (Wildman–Crippen MR) is 95.3 cm³/mol. The van der Waals surface area contributed by atoms with E-state index in [-0.39, 0.29) is 12.4 Å². The molecule has 1 atom stereocenters. The van der Waals surface area contributed by atoms with Crippen LogP contribution in [0.25, 0.3) is 21.5 Å². The first kappa shape index (κ1) is 15.8. The topological polar surface area (TPSA) is 12.0 Å². The molecule has 0 spiro atoms. The van der Waals surface area contributed by atoms with Crippen LogP contribution in [0.15, 0.2) is 54.6 Å². The van der Waals surface area contributed by atoms with Crippen LogP contribution in [0.5, 0.6) is 0 Å². The Hall–Kier alpha value is -1.57. The molecule has 110 valence electrons. The highest BCUT2D eigenvalue weighted by Gasteiger charge is 2.08. The third kappa shape index (κ3) is 3.20. The zero-order chi connectivity index (χ0) is 13.9. The van der Waals surface area contributed by atoms with Crippen LogP contribution in [0, 0.1) is 0 Å². The average molecular weight is 300 g/mol. The second kappa shape index (κ2) is 6.93. The molecule has 3 rings (SSSR count). The van der Waals surface area contributed by atoms with Crippen molar-refractivity contribution in [2.45, 2.75) is 32.9 Å². The quantitative estimate of drug-likeness (QED) is 0.644. The lowest BCUT2D eigenvalue weighted by molar-refractivity contribution is 0.537. The van der Waals surface area contributed by atoms with Gasteiger partial charge in [0.15, 0.2) is 0 Å². The van der Waals surface area contributed by atoms with E-state index in [1.54, 1.807) is 0 Å². The van der Waals surface area contributed by atoms with Crippen molar-refractivity contribution in [2.75, 3.05) is 0 Å². The van der Waals surface area contributed by atoms with Crippen molar-refractivity contribution in [3.8, 4) is 0 Å². The Kier molecular flexibility index (Phi) is 5.22. The van der Waals surface area contributed by atoms with Gasteiger partial charge in [0.05, 0.1) is 0 Å². The summed E-state index contributed by atoms with van der Waals surface area (Å²) in [6.07, 6.45) is 1.16. The molecule has 0 radical (unpaired) electrons. The number of hydrogen-bond donors (Lipinski definition) is 1. The van der Waals surface area contributed by atoms with Crippen LogP contribution in [0.4, 0.5) is 0 Å². The Morgan fingerprint density at radius 1 is 0.905 bits per heavy atom. The van der Waals surface area contributed by atoms with Gasteiger partial charge in [-0.3, -0.25) is 0 Å². The Balaban J connectivity index is 0.00000161. The number of halogens is 1. The number of hydrogen-bond acceptors (Lipinski definition) is 1. The minimum absolute atomic E-state index is 0. The zero-order valence-electron chi connectivity index (χ0n) is 12.6. The standard InChI is InChI=1S/C19H21N.ClH/c1-3-14(2)20-13-19-17-10-6-4-8-15(17)12-16-9-5-7-11-18(16)19;/h4-12,14,20H,3,13H2,1-2H3;1H. The first-order chi connectivity index (χ1) is 9.79. The van der Waals surface area contributed by atoms with Crippen LogP contribution in [0.1, 0.15) is 25.8 Å². The maximum Gasteiger partial charge on any atom is 0.0220 e. The van der Waals surface area contributed by atoms with Crippen LogP contribution in [-0.2, 0) is 6.54 Å². The smallest absolute Gasteiger partial charge is 0.0220 e. The van der Waals surface area contributed by atoms with Crippen LogP contribution in [0.3, 0.4) is 0 Å². The second-order valence-electron chi connectivity index (χ2n) is 5.49.